The molecule has 16 heavy (non-hydrogen) atoms. The maximum atomic E-state index is 5.78. The fourth-order valence-electron chi connectivity index (χ4n) is 1.19. The molecule has 4 nitrogen and oxygen atoms in total. The summed E-state index contributed by atoms with van der Waals surface area (Å²) in [6, 6.07) is 7.06. The summed E-state index contributed by atoms with van der Waals surface area (Å²) < 4.78 is 5.56. The van der Waals surface area contributed by atoms with Crippen LogP contribution in [0.15, 0.2) is 36.7 Å². The minimum absolute atomic E-state index is 0.437. The molecule has 2 aromatic rings. The van der Waals surface area contributed by atoms with Crippen LogP contribution in [0.3, 0.4) is 0 Å². The number of aromatic nitrogens is 2. The molecule has 2 rings (SSSR count). The minimum Gasteiger partial charge on any atom is -0.436 e. The maximum absolute atomic E-state index is 5.78. The van der Waals surface area contributed by atoms with Gasteiger partial charge in [-0.1, -0.05) is 11.6 Å². The van der Waals surface area contributed by atoms with E-state index in [0.29, 0.717) is 22.5 Å². The number of halogens is 1. The number of rotatable bonds is 3. The Morgan fingerprint density at radius 1 is 1.12 bits per heavy atom. The molecule has 0 aliphatic rings. The van der Waals surface area contributed by atoms with E-state index in [1.807, 2.05) is 0 Å². The van der Waals surface area contributed by atoms with Crippen molar-refractivity contribution in [3.63, 3.8) is 0 Å². The number of nitrogens with one attached hydrogen (secondary N) is 1. The predicted molar refractivity (Wildman–Crippen MR) is 63.1 cm³/mol. The van der Waals surface area contributed by atoms with E-state index in [1.165, 1.54) is 0 Å². The van der Waals surface area contributed by atoms with Gasteiger partial charge in [-0.25, -0.2) is 9.97 Å². The highest BCUT2D eigenvalue weighted by Crippen LogP contribution is 2.25. The highest BCUT2D eigenvalue weighted by molar-refractivity contribution is 6.30. The van der Waals surface area contributed by atoms with E-state index in [1.54, 1.807) is 43.7 Å². The fraction of sp³-hybridized carbons (Fsp3) is 0.0909. The fourth-order valence-corrected chi connectivity index (χ4v) is 1.31. The highest BCUT2D eigenvalue weighted by atomic mass is 35.5. The molecule has 82 valence electrons. The summed E-state index contributed by atoms with van der Waals surface area (Å²) in [4.78, 5) is 8.17. The number of benzene rings is 1. The monoisotopic (exact) mass is 235 g/mol. The lowest BCUT2D eigenvalue weighted by Crippen LogP contribution is -1.97. The Labute approximate surface area is 98.3 Å². The second-order valence-corrected chi connectivity index (χ2v) is 3.45. The molecule has 0 fully saturated rings. The molecule has 0 saturated heterocycles. The third-order valence-electron chi connectivity index (χ3n) is 1.93. The lowest BCUT2D eigenvalue weighted by Gasteiger charge is -2.07. The molecule has 0 amide bonds. The van der Waals surface area contributed by atoms with E-state index in [2.05, 4.69) is 15.3 Å². The standard InChI is InChI=1S/C11H10ClN3O/c1-13-10-11(15-7-6-14-10)16-9-4-2-8(12)3-5-9/h2-7H,1H3,(H,13,14). The van der Waals surface area contributed by atoms with Crippen LogP contribution in [0, 0.1) is 0 Å². The van der Waals surface area contributed by atoms with Crippen molar-refractivity contribution in [1.29, 1.82) is 0 Å². The third kappa shape index (κ3) is 2.41. The van der Waals surface area contributed by atoms with Crippen LogP contribution in [0.2, 0.25) is 5.02 Å². The lowest BCUT2D eigenvalue weighted by molar-refractivity contribution is 0.463. The van der Waals surface area contributed by atoms with Crippen LogP contribution in [0.5, 0.6) is 11.6 Å². The molecule has 1 N–H and O–H groups in total. The van der Waals surface area contributed by atoms with E-state index in [0.717, 1.165) is 0 Å². The first kappa shape index (κ1) is 10.7. The van der Waals surface area contributed by atoms with Gasteiger partial charge >= 0.3 is 0 Å². The first-order chi connectivity index (χ1) is 7.79. The van der Waals surface area contributed by atoms with Gasteiger partial charge in [0.15, 0.2) is 5.82 Å². The van der Waals surface area contributed by atoms with Gasteiger partial charge in [-0.15, -0.1) is 0 Å². The van der Waals surface area contributed by atoms with Gasteiger partial charge in [-0.05, 0) is 24.3 Å². The van der Waals surface area contributed by atoms with Gasteiger partial charge in [0.25, 0.3) is 5.88 Å². The lowest BCUT2D eigenvalue weighted by atomic mass is 10.3. The summed E-state index contributed by atoms with van der Waals surface area (Å²) in [5.74, 6) is 1.70. The summed E-state index contributed by atoms with van der Waals surface area (Å²) in [5, 5.41) is 3.57. The van der Waals surface area contributed by atoms with Gasteiger partial charge in [-0.2, -0.15) is 0 Å². The van der Waals surface area contributed by atoms with E-state index < -0.39 is 0 Å². The van der Waals surface area contributed by atoms with Crippen molar-refractivity contribution in [3.8, 4) is 11.6 Å². The number of hydrogen-bond donors (Lipinski definition) is 1. The van der Waals surface area contributed by atoms with Crippen LogP contribution in [-0.4, -0.2) is 17.0 Å². The quantitative estimate of drug-likeness (QED) is 0.889. The van der Waals surface area contributed by atoms with Gasteiger partial charge < -0.3 is 10.1 Å². The largest absolute Gasteiger partial charge is 0.436 e. The topological polar surface area (TPSA) is 47.0 Å². The molecule has 0 bridgehead atoms. The maximum Gasteiger partial charge on any atom is 0.262 e. The summed E-state index contributed by atoms with van der Waals surface area (Å²) in [6.07, 6.45) is 3.17. The number of hydrogen-bond acceptors (Lipinski definition) is 4. The Balaban J connectivity index is 2.23. The van der Waals surface area contributed by atoms with Gasteiger partial charge in [-0.3, -0.25) is 0 Å². The Hall–Kier alpha value is -1.81. The van der Waals surface area contributed by atoms with E-state index >= 15 is 0 Å². The highest BCUT2D eigenvalue weighted by Gasteiger charge is 2.05. The Morgan fingerprint density at radius 2 is 1.81 bits per heavy atom. The van der Waals surface area contributed by atoms with Gasteiger partial charge in [0.05, 0.1) is 0 Å². The van der Waals surface area contributed by atoms with Crippen molar-refractivity contribution in [1.82, 2.24) is 9.97 Å². The van der Waals surface area contributed by atoms with Crippen LogP contribution >= 0.6 is 11.6 Å². The van der Waals surface area contributed by atoms with Crippen LogP contribution in [-0.2, 0) is 0 Å². The number of anilines is 1. The second kappa shape index (κ2) is 4.81. The molecule has 0 spiro atoms. The van der Waals surface area contributed by atoms with Crippen molar-refractivity contribution >= 4 is 17.4 Å². The normalized spacial score (nSPS) is 9.88. The van der Waals surface area contributed by atoms with Crippen LogP contribution in [0.25, 0.3) is 0 Å². The number of nitrogens with zero attached hydrogens (tertiary/aromatic N) is 2. The molecule has 0 saturated carbocycles. The SMILES string of the molecule is CNc1nccnc1Oc1ccc(Cl)cc1. The molecule has 5 heteroatoms. The third-order valence-corrected chi connectivity index (χ3v) is 2.18. The van der Waals surface area contributed by atoms with Crippen LogP contribution < -0.4 is 10.1 Å². The Morgan fingerprint density at radius 3 is 2.50 bits per heavy atom. The van der Waals surface area contributed by atoms with Gasteiger partial charge in [0.2, 0.25) is 0 Å². The summed E-state index contributed by atoms with van der Waals surface area (Å²) >= 11 is 5.78. The zero-order valence-corrected chi connectivity index (χ0v) is 9.40. The van der Waals surface area contributed by atoms with Crippen molar-refractivity contribution in [2.24, 2.45) is 0 Å². The number of ether oxygens (including phenoxy) is 1. The first-order valence-electron chi connectivity index (χ1n) is 4.72. The summed E-state index contributed by atoms with van der Waals surface area (Å²) in [7, 11) is 1.76. The van der Waals surface area contributed by atoms with Crippen LogP contribution in [0.1, 0.15) is 0 Å². The predicted octanol–water partition coefficient (Wildman–Crippen LogP) is 2.96. The average molecular weight is 236 g/mol. The van der Waals surface area contributed by atoms with Crippen molar-refractivity contribution < 1.29 is 4.74 Å². The van der Waals surface area contributed by atoms with E-state index in [9.17, 15) is 0 Å². The van der Waals surface area contributed by atoms with Crippen molar-refractivity contribution in [2.75, 3.05) is 12.4 Å². The first-order valence-corrected chi connectivity index (χ1v) is 5.09. The molecular formula is C11H10ClN3O. The summed E-state index contributed by atoms with van der Waals surface area (Å²) in [5.41, 5.74) is 0. The summed E-state index contributed by atoms with van der Waals surface area (Å²) in [6.45, 7) is 0. The Kier molecular flexibility index (Phi) is 3.22. The van der Waals surface area contributed by atoms with Gasteiger partial charge in [0, 0.05) is 24.5 Å². The molecule has 0 atom stereocenters. The molecule has 0 aliphatic carbocycles. The zero-order chi connectivity index (χ0) is 11.4. The molecule has 0 unspecified atom stereocenters. The van der Waals surface area contributed by atoms with Crippen molar-refractivity contribution in [3.05, 3.63) is 41.7 Å². The van der Waals surface area contributed by atoms with Crippen molar-refractivity contribution in [2.45, 2.75) is 0 Å². The minimum atomic E-state index is 0.437. The molecule has 1 heterocycles. The molecular weight excluding hydrogens is 226 g/mol. The Bertz CT molecular complexity index is 473. The van der Waals surface area contributed by atoms with Crippen LogP contribution in [0.4, 0.5) is 5.82 Å². The average Bonchev–Trinajstić information content (AvgIpc) is 2.33. The van der Waals surface area contributed by atoms with E-state index in [4.69, 9.17) is 16.3 Å². The molecule has 0 radical (unpaired) electrons. The van der Waals surface area contributed by atoms with Gasteiger partial charge in [0.1, 0.15) is 5.75 Å². The smallest absolute Gasteiger partial charge is 0.262 e. The molecule has 1 aromatic carbocycles. The molecule has 1 aromatic heterocycles. The second-order valence-electron chi connectivity index (χ2n) is 3.02. The zero-order valence-electron chi connectivity index (χ0n) is 8.64. The van der Waals surface area contributed by atoms with E-state index in [-0.39, 0.29) is 0 Å². The molecule has 0 aliphatic heterocycles.